The highest BCUT2D eigenvalue weighted by atomic mass is 32.2. The topological polar surface area (TPSA) is 106 Å². The van der Waals surface area contributed by atoms with Gasteiger partial charge >= 0.3 is 5.97 Å². The molecule has 8 heteroatoms. The summed E-state index contributed by atoms with van der Waals surface area (Å²) in [6.07, 6.45) is 3.75. The van der Waals surface area contributed by atoms with Gasteiger partial charge in [-0.15, -0.1) is 0 Å². The molecule has 0 bridgehead atoms. The van der Waals surface area contributed by atoms with Gasteiger partial charge in [0, 0.05) is 12.7 Å². The number of rotatable bonds is 8. The van der Waals surface area contributed by atoms with Gasteiger partial charge < -0.3 is 9.84 Å². The second-order valence-corrected chi connectivity index (χ2v) is 8.13. The molecule has 1 heterocycles. The summed E-state index contributed by atoms with van der Waals surface area (Å²) >= 11 is 0. The minimum atomic E-state index is -3.80. The van der Waals surface area contributed by atoms with Crippen LogP contribution in [0, 0.1) is 6.92 Å². The summed E-state index contributed by atoms with van der Waals surface area (Å²) in [5.74, 6) is 0.128. The van der Waals surface area contributed by atoms with Crippen LogP contribution in [-0.2, 0) is 16.4 Å². The van der Waals surface area contributed by atoms with Crippen molar-refractivity contribution >= 4 is 16.0 Å². The molecule has 0 saturated carbocycles. The number of nitrogens with zero attached hydrogens (tertiary/aromatic N) is 1. The van der Waals surface area contributed by atoms with E-state index in [1.54, 1.807) is 43.6 Å². The molecule has 3 aromatic rings. The number of ether oxygens (including phenoxy) is 1. The molecule has 1 aromatic heterocycles. The van der Waals surface area contributed by atoms with Crippen molar-refractivity contribution in [3.8, 4) is 11.5 Å². The molecule has 0 aliphatic carbocycles. The number of hydrogen-bond donors (Lipinski definition) is 2. The van der Waals surface area contributed by atoms with E-state index in [1.807, 2.05) is 12.1 Å². The molecule has 0 spiro atoms. The first-order valence-corrected chi connectivity index (χ1v) is 10.3. The normalized spacial score (nSPS) is 11.2. The van der Waals surface area contributed by atoms with Crippen LogP contribution >= 0.6 is 0 Å². The van der Waals surface area contributed by atoms with Gasteiger partial charge in [0.25, 0.3) is 0 Å². The molecular weight excluding hydrogens is 392 g/mol. The number of pyridine rings is 1. The fourth-order valence-corrected chi connectivity index (χ4v) is 3.74. The summed E-state index contributed by atoms with van der Waals surface area (Å²) in [7, 11) is -3.80. The van der Waals surface area contributed by atoms with Crippen molar-refractivity contribution in [2.75, 3.05) is 6.54 Å². The smallest absolute Gasteiger partial charge is 0.335 e. The third kappa shape index (κ3) is 5.40. The van der Waals surface area contributed by atoms with Gasteiger partial charge in [0.2, 0.25) is 10.0 Å². The maximum absolute atomic E-state index is 12.4. The molecule has 29 heavy (non-hydrogen) atoms. The largest absolute Gasteiger partial charge is 0.478 e. The average Bonchev–Trinajstić information content (AvgIpc) is 2.70. The van der Waals surface area contributed by atoms with Crippen LogP contribution in [0.4, 0.5) is 0 Å². The molecule has 7 nitrogen and oxygen atoms in total. The van der Waals surface area contributed by atoms with E-state index in [0.717, 1.165) is 5.56 Å². The number of aromatic carboxylic acids is 1. The Hall–Kier alpha value is -3.23. The van der Waals surface area contributed by atoms with Crippen LogP contribution in [0.1, 0.15) is 21.5 Å². The Morgan fingerprint density at radius 3 is 2.52 bits per heavy atom. The monoisotopic (exact) mass is 412 g/mol. The molecular formula is C21H20N2O5S. The molecule has 0 radical (unpaired) electrons. The lowest BCUT2D eigenvalue weighted by molar-refractivity contribution is 0.0696. The molecule has 0 saturated heterocycles. The van der Waals surface area contributed by atoms with Crippen molar-refractivity contribution in [1.29, 1.82) is 0 Å². The van der Waals surface area contributed by atoms with Crippen molar-refractivity contribution in [2.45, 2.75) is 18.2 Å². The van der Waals surface area contributed by atoms with Gasteiger partial charge in [-0.25, -0.2) is 17.9 Å². The van der Waals surface area contributed by atoms with E-state index < -0.39 is 16.0 Å². The lowest BCUT2D eigenvalue weighted by Crippen LogP contribution is -2.26. The second kappa shape index (κ2) is 8.85. The van der Waals surface area contributed by atoms with E-state index in [2.05, 4.69) is 9.71 Å². The zero-order valence-corrected chi connectivity index (χ0v) is 16.5. The Morgan fingerprint density at radius 2 is 1.86 bits per heavy atom. The molecule has 0 amide bonds. The fraction of sp³-hybridized carbons (Fsp3) is 0.143. The van der Waals surface area contributed by atoms with E-state index >= 15 is 0 Å². The quantitative estimate of drug-likeness (QED) is 0.587. The summed E-state index contributed by atoms with van der Waals surface area (Å²) in [6, 6.07) is 15.0. The highest BCUT2D eigenvalue weighted by Gasteiger charge is 2.17. The molecule has 0 fully saturated rings. The van der Waals surface area contributed by atoms with Crippen molar-refractivity contribution in [3.05, 3.63) is 83.7 Å². The number of carboxylic acid groups (broad SMARTS) is 1. The molecule has 2 N–H and O–H groups in total. The summed E-state index contributed by atoms with van der Waals surface area (Å²) in [6.45, 7) is 1.80. The van der Waals surface area contributed by atoms with Crippen LogP contribution in [0.15, 0.2) is 71.9 Å². The molecule has 0 aliphatic rings. The Bertz CT molecular complexity index is 1100. The first-order chi connectivity index (χ1) is 13.8. The van der Waals surface area contributed by atoms with E-state index in [-0.39, 0.29) is 17.0 Å². The minimum Gasteiger partial charge on any atom is -0.478 e. The number of carboxylic acids is 1. The van der Waals surface area contributed by atoms with Gasteiger partial charge in [0.15, 0.2) is 0 Å². The number of nitrogens with one attached hydrogen (secondary N) is 1. The Balaban J connectivity index is 1.59. The Labute approximate surface area is 169 Å². The summed E-state index contributed by atoms with van der Waals surface area (Å²) in [5, 5.41) is 9.17. The molecule has 0 unspecified atom stereocenters. The van der Waals surface area contributed by atoms with Crippen LogP contribution in [0.5, 0.6) is 11.5 Å². The number of sulfonamides is 1. The standard InChI is InChI=1S/C21H20N2O5S/c1-15-4-9-19(13-20(15)21(24)25)29(26,27)23-12-10-16-5-7-17(8-6-16)28-18-3-2-11-22-14-18/h2-9,11,13-14,23H,10,12H2,1H3,(H,24,25). The summed E-state index contributed by atoms with van der Waals surface area (Å²) < 4.78 is 33.0. The first-order valence-electron chi connectivity index (χ1n) is 8.85. The molecule has 2 aromatic carbocycles. The van der Waals surface area contributed by atoms with Gasteiger partial charge in [-0.1, -0.05) is 18.2 Å². The van der Waals surface area contributed by atoms with Crippen molar-refractivity contribution in [3.63, 3.8) is 0 Å². The maximum Gasteiger partial charge on any atom is 0.335 e. The average molecular weight is 412 g/mol. The lowest BCUT2D eigenvalue weighted by atomic mass is 10.1. The van der Waals surface area contributed by atoms with Gasteiger partial charge in [-0.2, -0.15) is 0 Å². The Kier molecular flexibility index (Phi) is 6.26. The van der Waals surface area contributed by atoms with Crippen LogP contribution < -0.4 is 9.46 Å². The van der Waals surface area contributed by atoms with Crippen molar-refractivity contribution < 1.29 is 23.1 Å². The van der Waals surface area contributed by atoms with Gasteiger partial charge in [0.1, 0.15) is 11.5 Å². The SMILES string of the molecule is Cc1ccc(S(=O)(=O)NCCc2ccc(Oc3cccnc3)cc2)cc1C(=O)O. The molecule has 150 valence electrons. The van der Waals surface area contributed by atoms with Gasteiger partial charge in [-0.3, -0.25) is 4.98 Å². The Morgan fingerprint density at radius 1 is 1.10 bits per heavy atom. The number of carbonyl (C=O) groups is 1. The van der Waals surface area contributed by atoms with Crippen LogP contribution in [0.2, 0.25) is 0 Å². The second-order valence-electron chi connectivity index (χ2n) is 6.36. The maximum atomic E-state index is 12.4. The highest BCUT2D eigenvalue weighted by molar-refractivity contribution is 7.89. The van der Waals surface area contributed by atoms with E-state index in [9.17, 15) is 13.2 Å². The van der Waals surface area contributed by atoms with Gasteiger partial charge in [-0.05, 0) is 60.9 Å². The van der Waals surface area contributed by atoms with Crippen LogP contribution in [0.3, 0.4) is 0 Å². The number of hydrogen-bond acceptors (Lipinski definition) is 5. The summed E-state index contributed by atoms with van der Waals surface area (Å²) in [4.78, 5) is 15.1. The predicted molar refractivity (Wildman–Crippen MR) is 108 cm³/mol. The van der Waals surface area contributed by atoms with E-state index in [1.165, 1.54) is 18.2 Å². The lowest BCUT2D eigenvalue weighted by Gasteiger charge is -2.09. The van der Waals surface area contributed by atoms with E-state index in [4.69, 9.17) is 9.84 Å². The van der Waals surface area contributed by atoms with E-state index in [0.29, 0.717) is 23.5 Å². The zero-order chi connectivity index (χ0) is 20.9. The molecule has 3 rings (SSSR count). The molecule has 0 aliphatic heterocycles. The minimum absolute atomic E-state index is 0.0305. The van der Waals surface area contributed by atoms with Crippen molar-refractivity contribution in [1.82, 2.24) is 9.71 Å². The fourth-order valence-electron chi connectivity index (χ4n) is 2.68. The number of aryl methyl sites for hydroxylation is 1. The predicted octanol–water partition coefficient (Wildman–Crippen LogP) is 3.40. The summed E-state index contributed by atoms with van der Waals surface area (Å²) in [5.41, 5.74) is 1.41. The first kappa shape index (κ1) is 20.5. The highest BCUT2D eigenvalue weighted by Crippen LogP contribution is 2.21. The number of aromatic nitrogens is 1. The van der Waals surface area contributed by atoms with Gasteiger partial charge in [0.05, 0.1) is 16.7 Å². The zero-order valence-electron chi connectivity index (χ0n) is 15.7. The van der Waals surface area contributed by atoms with Crippen LogP contribution in [-0.4, -0.2) is 31.0 Å². The third-order valence-electron chi connectivity index (χ3n) is 4.25. The third-order valence-corrected chi connectivity index (χ3v) is 5.71. The number of benzene rings is 2. The molecule has 0 atom stereocenters. The van der Waals surface area contributed by atoms with Crippen LogP contribution in [0.25, 0.3) is 0 Å². The van der Waals surface area contributed by atoms with Crippen molar-refractivity contribution in [2.24, 2.45) is 0 Å².